The molecular formula is C12H14FN3S. The lowest BCUT2D eigenvalue weighted by Gasteiger charge is -2.10. The van der Waals surface area contributed by atoms with Gasteiger partial charge >= 0.3 is 0 Å². The van der Waals surface area contributed by atoms with E-state index in [1.807, 2.05) is 4.57 Å². The summed E-state index contributed by atoms with van der Waals surface area (Å²) in [4.78, 5) is 0. The summed E-state index contributed by atoms with van der Waals surface area (Å²) >= 11 is 5.17. The van der Waals surface area contributed by atoms with Gasteiger partial charge < -0.3 is 4.57 Å². The summed E-state index contributed by atoms with van der Waals surface area (Å²) in [6.07, 6.45) is 0.644. The first-order valence-corrected chi connectivity index (χ1v) is 5.89. The third-order valence-corrected chi connectivity index (χ3v) is 2.86. The highest BCUT2D eigenvalue weighted by Gasteiger charge is 2.09. The molecule has 5 heteroatoms. The number of nitrogens with one attached hydrogen (secondary N) is 1. The van der Waals surface area contributed by atoms with Gasteiger partial charge in [0, 0.05) is 12.5 Å². The molecule has 1 N–H and O–H groups in total. The predicted octanol–water partition coefficient (Wildman–Crippen LogP) is 3.25. The summed E-state index contributed by atoms with van der Waals surface area (Å²) in [5, 5.41) is 7.00. The topological polar surface area (TPSA) is 33.6 Å². The van der Waals surface area contributed by atoms with E-state index in [0.29, 0.717) is 11.2 Å². The van der Waals surface area contributed by atoms with Crippen molar-refractivity contribution in [3.8, 4) is 0 Å². The number of hydrogen-bond acceptors (Lipinski definition) is 2. The molecule has 90 valence electrons. The van der Waals surface area contributed by atoms with Crippen molar-refractivity contribution in [2.45, 2.75) is 26.3 Å². The van der Waals surface area contributed by atoms with E-state index < -0.39 is 0 Å². The lowest BCUT2D eigenvalue weighted by atomic mass is 10.1. The molecule has 0 aliphatic carbocycles. The van der Waals surface area contributed by atoms with Crippen molar-refractivity contribution < 1.29 is 4.39 Å². The Labute approximate surface area is 104 Å². The van der Waals surface area contributed by atoms with Crippen molar-refractivity contribution in [3.63, 3.8) is 0 Å². The number of benzene rings is 1. The van der Waals surface area contributed by atoms with Crippen molar-refractivity contribution >= 4 is 12.2 Å². The van der Waals surface area contributed by atoms with Crippen molar-refractivity contribution in [3.05, 3.63) is 46.2 Å². The van der Waals surface area contributed by atoms with Gasteiger partial charge in [-0.3, -0.25) is 5.10 Å². The molecule has 0 fully saturated rings. The second-order valence-electron chi connectivity index (χ2n) is 4.21. The first-order chi connectivity index (χ1) is 8.08. The molecule has 1 aromatic carbocycles. The monoisotopic (exact) mass is 251 g/mol. The van der Waals surface area contributed by atoms with Gasteiger partial charge in [-0.1, -0.05) is 12.1 Å². The summed E-state index contributed by atoms with van der Waals surface area (Å²) in [6, 6.07) is 6.69. The lowest BCUT2D eigenvalue weighted by Crippen LogP contribution is -2.07. The van der Waals surface area contributed by atoms with Gasteiger partial charge in [0.15, 0.2) is 4.77 Å². The highest BCUT2D eigenvalue weighted by molar-refractivity contribution is 7.71. The molecule has 1 aromatic heterocycles. The Kier molecular flexibility index (Phi) is 3.38. The number of aromatic amines is 1. The summed E-state index contributed by atoms with van der Waals surface area (Å²) in [6.45, 7) is 4.11. The first kappa shape index (κ1) is 12.0. The van der Waals surface area contributed by atoms with Crippen LogP contribution in [-0.4, -0.2) is 14.8 Å². The van der Waals surface area contributed by atoms with Crippen LogP contribution in [0.15, 0.2) is 24.3 Å². The Morgan fingerprint density at radius 2 is 2.00 bits per heavy atom. The number of halogens is 1. The molecule has 0 aliphatic rings. The minimum absolute atomic E-state index is 0.225. The van der Waals surface area contributed by atoms with Gasteiger partial charge in [0.05, 0.1) is 0 Å². The minimum Gasteiger partial charge on any atom is -0.301 e. The fraction of sp³-hybridized carbons (Fsp3) is 0.333. The molecule has 0 spiro atoms. The zero-order valence-corrected chi connectivity index (χ0v) is 10.6. The van der Waals surface area contributed by atoms with Crippen LogP contribution in [0, 0.1) is 10.6 Å². The molecule has 0 amide bonds. The molecule has 0 atom stereocenters. The van der Waals surface area contributed by atoms with Gasteiger partial charge in [0.2, 0.25) is 0 Å². The first-order valence-electron chi connectivity index (χ1n) is 5.48. The number of rotatable bonds is 3. The molecular weight excluding hydrogens is 237 g/mol. The van der Waals surface area contributed by atoms with Gasteiger partial charge in [-0.05, 0) is 43.8 Å². The van der Waals surface area contributed by atoms with Crippen LogP contribution in [0.1, 0.15) is 31.3 Å². The number of H-pyrrole nitrogens is 1. The summed E-state index contributed by atoms with van der Waals surface area (Å²) in [7, 11) is 0. The summed E-state index contributed by atoms with van der Waals surface area (Å²) in [5.74, 6) is 0.646. The zero-order valence-electron chi connectivity index (χ0n) is 9.77. The van der Waals surface area contributed by atoms with E-state index in [2.05, 4.69) is 24.0 Å². The molecule has 0 saturated heterocycles. The van der Waals surface area contributed by atoms with Gasteiger partial charge in [0.1, 0.15) is 11.6 Å². The second kappa shape index (κ2) is 4.79. The summed E-state index contributed by atoms with van der Waals surface area (Å²) < 4.78 is 15.4. The molecule has 17 heavy (non-hydrogen) atoms. The molecule has 0 bridgehead atoms. The van der Waals surface area contributed by atoms with Crippen LogP contribution in [0.4, 0.5) is 4.39 Å². The Hall–Kier alpha value is -1.49. The van der Waals surface area contributed by atoms with Crippen LogP contribution in [0.25, 0.3) is 0 Å². The Bertz CT molecular complexity index is 554. The molecule has 3 nitrogen and oxygen atoms in total. The zero-order chi connectivity index (χ0) is 12.4. The third-order valence-electron chi connectivity index (χ3n) is 2.57. The quantitative estimate of drug-likeness (QED) is 0.849. The van der Waals surface area contributed by atoms with Gasteiger partial charge in [-0.15, -0.1) is 0 Å². The second-order valence-corrected chi connectivity index (χ2v) is 4.60. The third kappa shape index (κ3) is 2.61. The highest BCUT2D eigenvalue weighted by Crippen LogP contribution is 2.13. The maximum atomic E-state index is 12.8. The van der Waals surface area contributed by atoms with Crippen molar-refractivity contribution in [2.75, 3.05) is 0 Å². The van der Waals surface area contributed by atoms with E-state index in [1.54, 1.807) is 12.1 Å². The van der Waals surface area contributed by atoms with E-state index in [-0.39, 0.29) is 11.9 Å². The Morgan fingerprint density at radius 1 is 1.35 bits per heavy atom. The van der Waals surface area contributed by atoms with Crippen LogP contribution in [0.2, 0.25) is 0 Å². The smallest absolute Gasteiger partial charge is 0.195 e. The number of nitrogens with zero attached hydrogens (tertiary/aromatic N) is 2. The minimum atomic E-state index is -0.225. The molecule has 1 heterocycles. The molecule has 2 aromatic rings. The van der Waals surface area contributed by atoms with Crippen LogP contribution in [0.3, 0.4) is 0 Å². The standard InChI is InChI=1S/C12H14FN3S/c1-8(2)16-11(14-15-12(16)17)7-9-3-5-10(13)6-4-9/h3-6,8H,7H2,1-2H3,(H,15,17). The maximum absolute atomic E-state index is 12.8. The predicted molar refractivity (Wildman–Crippen MR) is 67.0 cm³/mol. The van der Waals surface area contributed by atoms with Crippen LogP contribution >= 0.6 is 12.2 Å². The van der Waals surface area contributed by atoms with Crippen molar-refractivity contribution in [1.82, 2.24) is 14.8 Å². The normalized spacial score (nSPS) is 11.1. The van der Waals surface area contributed by atoms with E-state index in [9.17, 15) is 4.39 Å². The van der Waals surface area contributed by atoms with Gasteiger partial charge in [-0.2, -0.15) is 5.10 Å². The number of aromatic nitrogens is 3. The Balaban J connectivity index is 2.30. The Morgan fingerprint density at radius 3 is 2.59 bits per heavy atom. The number of hydrogen-bond donors (Lipinski definition) is 1. The average Bonchev–Trinajstić information content (AvgIpc) is 2.63. The molecule has 0 saturated carbocycles. The fourth-order valence-corrected chi connectivity index (χ4v) is 2.14. The largest absolute Gasteiger partial charge is 0.301 e. The van der Waals surface area contributed by atoms with E-state index in [4.69, 9.17) is 12.2 Å². The van der Waals surface area contributed by atoms with Gasteiger partial charge in [-0.25, -0.2) is 4.39 Å². The van der Waals surface area contributed by atoms with Gasteiger partial charge in [0.25, 0.3) is 0 Å². The SMILES string of the molecule is CC(C)n1c(Cc2ccc(F)cc2)n[nH]c1=S. The fourth-order valence-electron chi connectivity index (χ4n) is 1.78. The van der Waals surface area contributed by atoms with Crippen molar-refractivity contribution in [2.24, 2.45) is 0 Å². The van der Waals surface area contributed by atoms with E-state index in [1.165, 1.54) is 12.1 Å². The van der Waals surface area contributed by atoms with Crippen LogP contribution in [0.5, 0.6) is 0 Å². The molecule has 0 unspecified atom stereocenters. The van der Waals surface area contributed by atoms with Crippen molar-refractivity contribution in [1.29, 1.82) is 0 Å². The average molecular weight is 251 g/mol. The molecule has 0 aliphatic heterocycles. The molecule has 2 rings (SSSR count). The lowest BCUT2D eigenvalue weighted by molar-refractivity contribution is 0.567. The summed E-state index contributed by atoms with van der Waals surface area (Å²) in [5.41, 5.74) is 1.02. The molecule has 0 radical (unpaired) electrons. The van der Waals surface area contributed by atoms with E-state index in [0.717, 1.165) is 11.4 Å². The van der Waals surface area contributed by atoms with Crippen LogP contribution in [-0.2, 0) is 6.42 Å². The van der Waals surface area contributed by atoms with E-state index >= 15 is 0 Å². The van der Waals surface area contributed by atoms with Crippen LogP contribution < -0.4 is 0 Å². The maximum Gasteiger partial charge on any atom is 0.195 e. The highest BCUT2D eigenvalue weighted by atomic mass is 32.1.